The first-order valence-electron chi connectivity index (χ1n) is 1.38. The third-order valence-electron chi connectivity index (χ3n) is 0.231. The van der Waals surface area contributed by atoms with Gasteiger partial charge in [-0.2, -0.15) is 0 Å². The second-order valence-corrected chi connectivity index (χ2v) is 4.99. The van der Waals surface area contributed by atoms with E-state index in [1.807, 2.05) is 0 Å². The number of hydrogen-bond donors (Lipinski definition) is 0. The van der Waals surface area contributed by atoms with Crippen molar-refractivity contribution >= 4 is 14.5 Å². The molecule has 40 valence electrons. The summed E-state index contributed by atoms with van der Waals surface area (Å²) in [6, 6.07) is 0. The molecule has 2 heteroatoms. The molecule has 0 saturated carbocycles. The fraction of sp³-hybridized carbons (Fsp3) is 0.250. The first-order valence-corrected chi connectivity index (χ1v) is 5.58. The van der Waals surface area contributed by atoms with Gasteiger partial charge in [0.05, 0.1) is 0 Å². The molecule has 0 unspecified atom stereocenters. The topological polar surface area (TPSA) is 0 Å². The molecule has 0 saturated heterocycles. The molecule has 0 bridgehead atoms. The van der Waals surface area contributed by atoms with Gasteiger partial charge in [0.1, 0.15) is 0 Å². The van der Waals surface area contributed by atoms with Gasteiger partial charge in [0.2, 0.25) is 0 Å². The fourth-order valence-electron chi connectivity index (χ4n) is 0.0991. The van der Waals surface area contributed by atoms with Gasteiger partial charge in [-0.1, -0.05) is 0 Å². The Morgan fingerprint density at radius 1 is 1.83 bits per heavy atom. The summed E-state index contributed by atoms with van der Waals surface area (Å²) >= 11 is -0.895. The van der Waals surface area contributed by atoms with E-state index >= 15 is 0 Å². The van der Waals surface area contributed by atoms with Crippen molar-refractivity contribution < 1.29 is 15.3 Å². The molecule has 0 rings (SSSR count). The first-order chi connectivity index (χ1) is 2.77. The second-order valence-electron chi connectivity index (χ2n) is 0.745. The number of rotatable bonds is 2. The summed E-state index contributed by atoms with van der Waals surface area (Å²) < 4.78 is 0. The summed E-state index contributed by atoms with van der Waals surface area (Å²) in [5.41, 5.74) is 0. The van der Waals surface area contributed by atoms with Crippen molar-refractivity contribution in [1.29, 1.82) is 0 Å². The average molecular weight is 197 g/mol. The van der Waals surface area contributed by atoms with Crippen LogP contribution < -0.4 is 0 Å². The number of allylic oxidation sites excluding steroid dienone is 1. The van der Waals surface area contributed by atoms with Crippen molar-refractivity contribution in [2.24, 2.45) is 0 Å². The van der Waals surface area contributed by atoms with Crippen LogP contribution in [0.3, 0.4) is 0 Å². The van der Waals surface area contributed by atoms with Crippen molar-refractivity contribution in [3.05, 3.63) is 12.7 Å². The normalized spacial score (nSPS) is 10.5. The van der Waals surface area contributed by atoms with E-state index in [0.717, 1.165) is 4.89 Å². The Morgan fingerprint density at radius 3 is 2.33 bits per heavy atom. The average Bonchev–Trinajstić information content (AvgIpc) is 1.35. The second kappa shape index (κ2) is 3.74. The summed E-state index contributed by atoms with van der Waals surface area (Å²) in [6.45, 7) is 3.51. The Morgan fingerprint density at radius 2 is 2.33 bits per heavy atom. The molecule has 0 radical (unpaired) electrons. The summed E-state index contributed by atoms with van der Waals surface area (Å²) in [6.07, 6.45) is 1.81. The van der Waals surface area contributed by atoms with Crippen molar-refractivity contribution in [2.75, 3.05) is 0 Å². The summed E-state index contributed by atoms with van der Waals surface area (Å²) in [5, 5.41) is 0. The molecular weight excluding hydrogens is 190 g/mol. The number of halogens is 1. The molecule has 0 amide bonds. The van der Waals surface area contributed by atoms with E-state index in [4.69, 9.17) is 9.53 Å². The molecule has 0 spiro atoms. The van der Waals surface area contributed by atoms with Crippen LogP contribution in [0.15, 0.2) is 12.7 Å². The summed E-state index contributed by atoms with van der Waals surface area (Å²) in [7, 11) is 5.51. The van der Waals surface area contributed by atoms with Crippen molar-refractivity contribution in [3.8, 4) is 0 Å². The van der Waals surface area contributed by atoms with E-state index in [1.165, 1.54) is 0 Å². The third kappa shape index (κ3) is 4.56. The van der Waals surface area contributed by atoms with Crippen LogP contribution in [0.1, 0.15) is 0 Å². The zero-order valence-electron chi connectivity index (χ0n) is 3.39. The SMILES string of the molecule is C=C[CH2][Pd](=[CH2])[Cl]. The standard InChI is InChI=1S/C3H5.CH2.ClH.Pd/c1-3-2;;;/h3H,1-2H2;1H2;1H;/q;;;+1/p-1. The molecular formula is C4H7ClPd. The quantitative estimate of drug-likeness (QED) is 0.467. The Kier molecular flexibility index (Phi) is 4.09. The molecule has 0 heterocycles. The van der Waals surface area contributed by atoms with E-state index < -0.39 is 15.3 Å². The van der Waals surface area contributed by atoms with Gasteiger partial charge in [0, 0.05) is 0 Å². The van der Waals surface area contributed by atoms with Crippen LogP contribution in [0.2, 0.25) is 4.89 Å². The van der Waals surface area contributed by atoms with Crippen LogP contribution in [-0.2, 0) is 15.3 Å². The van der Waals surface area contributed by atoms with Crippen molar-refractivity contribution in [3.63, 3.8) is 0 Å². The first kappa shape index (κ1) is 6.56. The predicted octanol–water partition coefficient (Wildman–Crippen LogP) is 1.79. The van der Waals surface area contributed by atoms with Crippen LogP contribution >= 0.6 is 9.53 Å². The van der Waals surface area contributed by atoms with Gasteiger partial charge in [-0.3, -0.25) is 0 Å². The van der Waals surface area contributed by atoms with E-state index in [-0.39, 0.29) is 0 Å². The Bertz CT molecular complexity index is 67.9. The number of hydrogen-bond acceptors (Lipinski definition) is 0. The predicted molar refractivity (Wildman–Crippen MR) is 28.0 cm³/mol. The van der Waals surface area contributed by atoms with E-state index in [9.17, 15) is 0 Å². The molecule has 0 fully saturated rings. The van der Waals surface area contributed by atoms with Crippen LogP contribution in [0, 0.1) is 0 Å². The van der Waals surface area contributed by atoms with E-state index in [0.29, 0.717) is 0 Å². The van der Waals surface area contributed by atoms with Crippen LogP contribution in [0.4, 0.5) is 0 Å². The molecule has 0 aromatic carbocycles. The fourth-order valence-corrected chi connectivity index (χ4v) is 0.994. The Hall–Kier alpha value is 0.562. The van der Waals surface area contributed by atoms with Crippen LogP contribution in [0.25, 0.3) is 0 Å². The summed E-state index contributed by atoms with van der Waals surface area (Å²) in [4.78, 5) is 4.55. The van der Waals surface area contributed by atoms with Gasteiger partial charge >= 0.3 is 47.3 Å². The molecule has 0 nitrogen and oxygen atoms in total. The molecule has 0 aromatic rings. The molecule has 0 N–H and O–H groups in total. The van der Waals surface area contributed by atoms with Crippen molar-refractivity contribution in [2.45, 2.75) is 4.89 Å². The summed E-state index contributed by atoms with van der Waals surface area (Å²) in [5.74, 6) is 0. The minimum atomic E-state index is -0.895. The van der Waals surface area contributed by atoms with Gasteiger partial charge in [-0.25, -0.2) is 0 Å². The molecule has 6 heavy (non-hydrogen) atoms. The van der Waals surface area contributed by atoms with Gasteiger partial charge < -0.3 is 0 Å². The molecule has 0 aliphatic carbocycles. The third-order valence-corrected chi connectivity index (χ3v) is 1.95. The van der Waals surface area contributed by atoms with Crippen molar-refractivity contribution in [1.82, 2.24) is 0 Å². The molecule has 0 aliphatic rings. The van der Waals surface area contributed by atoms with Crippen LogP contribution in [0.5, 0.6) is 0 Å². The molecule has 0 atom stereocenters. The van der Waals surface area contributed by atoms with Gasteiger partial charge in [-0.15, -0.1) is 0 Å². The van der Waals surface area contributed by atoms with Gasteiger partial charge in [-0.05, 0) is 0 Å². The Balaban J connectivity index is 3.05. The maximum atomic E-state index is 5.51. The molecule has 0 aromatic heterocycles. The van der Waals surface area contributed by atoms with Gasteiger partial charge in [0.15, 0.2) is 0 Å². The maximum absolute atomic E-state index is 5.51. The monoisotopic (exact) mass is 196 g/mol. The van der Waals surface area contributed by atoms with Crippen LogP contribution in [-0.4, -0.2) is 4.99 Å². The minimum absolute atomic E-state index is 0.895. The van der Waals surface area contributed by atoms with E-state index in [1.54, 1.807) is 6.08 Å². The molecule has 0 aliphatic heterocycles. The Labute approximate surface area is 47.6 Å². The zero-order valence-corrected chi connectivity index (χ0v) is 5.70. The zero-order chi connectivity index (χ0) is 4.99. The van der Waals surface area contributed by atoms with Gasteiger partial charge in [0.25, 0.3) is 0 Å². The van der Waals surface area contributed by atoms with E-state index in [2.05, 4.69) is 11.6 Å².